The van der Waals surface area contributed by atoms with Crippen molar-refractivity contribution in [1.82, 2.24) is 0 Å². The van der Waals surface area contributed by atoms with Gasteiger partial charge in [-0.2, -0.15) is 8.78 Å². The molecule has 0 bridgehead atoms. The Kier molecular flexibility index (Phi) is 1.89. The first-order chi connectivity index (χ1) is 6.94. The Hall–Kier alpha value is -1.72. The van der Waals surface area contributed by atoms with Crippen LogP contribution in [0.2, 0.25) is 0 Å². The summed E-state index contributed by atoms with van der Waals surface area (Å²) in [6.07, 6.45) is 0. The first kappa shape index (κ1) is 9.83. The average Bonchev–Trinajstić information content (AvgIpc) is 2.38. The highest BCUT2D eigenvalue weighted by atomic mass is 19.3. The predicted molar refractivity (Wildman–Crippen MR) is 49.1 cm³/mol. The van der Waals surface area contributed by atoms with Crippen LogP contribution in [0.25, 0.3) is 0 Å². The number of fused-ring (bicyclic) bond motifs is 1. The Labute approximate surface area is 84.9 Å². The third kappa shape index (κ3) is 1.25. The number of alkyl halides is 2. The van der Waals surface area contributed by atoms with E-state index in [0.29, 0.717) is 0 Å². The minimum absolute atomic E-state index is 0.0682. The molecule has 0 saturated carbocycles. The molecule has 0 spiro atoms. The summed E-state index contributed by atoms with van der Waals surface area (Å²) in [4.78, 5) is 21.8. The number of carbonyl (C=O) groups is 2. The molecule has 1 aromatic carbocycles. The second-order valence-electron chi connectivity index (χ2n) is 3.12. The molecule has 2 radical (unpaired) electrons. The Balaban J connectivity index is 2.72. The van der Waals surface area contributed by atoms with Crippen molar-refractivity contribution < 1.29 is 18.4 Å². The van der Waals surface area contributed by atoms with Crippen molar-refractivity contribution in [3.05, 3.63) is 29.3 Å². The molecule has 1 aliphatic heterocycles. The van der Waals surface area contributed by atoms with E-state index in [1.807, 2.05) is 5.32 Å². The zero-order chi connectivity index (χ0) is 11.2. The van der Waals surface area contributed by atoms with Crippen molar-refractivity contribution in [1.29, 1.82) is 0 Å². The van der Waals surface area contributed by atoms with Crippen molar-refractivity contribution in [3.8, 4) is 0 Å². The lowest BCUT2D eigenvalue weighted by Gasteiger charge is -2.10. The molecule has 0 saturated heterocycles. The van der Waals surface area contributed by atoms with E-state index in [0.717, 1.165) is 6.07 Å². The largest absolute Gasteiger partial charge is 0.352 e. The summed E-state index contributed by atoms with van der Waals surface area (Å²) < 4.78 is 26.7. The van der Waals surface area contributed by atoms with Gasteiger partial charge < -0.3 is 10.1 Å². The van der Waals surface area contributed by atoms with E-state index in [2.05, 4.69) is 0 Å². The first-order valence-electron chi connectivity index (χ1n) is 4.07. The molecular weight excluding hydrogens is 203 g/mol. The Bertz CT molecular complexity index is 473. The van der Waals surface area contributed by atoms with Crippen LogP contribution in [0, 0.1) is 0 Å². The molecule has 2 rings (SSSR count). The molecule has 3 nitrogen and oxygen atoms in total. The number of nitrogens with one attached hydrogen (secondary N) is 1. The van der Waals surface area contributed by atoms with Crippen LogP contribution in [0.5, 0.6) is 0 Å². The van der Waals surface area contributed by atoms with Gasteiger partial charge in [-0.3, -0.25) is 4.79 Å². The lowest BCUT2D eigenvalue weighted by atomic mass is 9.89. The molecule has 0 fully saturated rings. The summed E-state index contributed by atoms with van der Waals surface area (Å²) in [6.45, 7) is 0. The average molecular weight is 207 g/mol. The van der Waals surface area contributed by atoms with Crippen LogP contribution in [0.4, 0.5) is 14.5 Å². The second-order valence-corrected chi connectivity index (χ2v) is 3.12. The summed E-state index contributed by atoms with van der Waals surface area (Å²) in [5.74, 6) is -5.13. The van der Waals surface area contributed by atoms with Gasteiger partial charge in [-0.1, -0.05) is 12.1 Å². The van der Waals surface area contributed by atoms with E-state index in [-0.39, 0.29) is 11.3 Å². The van der Waals surface area contributed by atoms with Gasteiger partial charge in [0.15, 0.2) is 7.85 Å². The number of benzene rings is 1. The maximum absolute atomic E-state index is 13.3. The summed E-state index contributed by atoms with van der Waals surface area (Å²) in [7, 11) is 4.94. The highest BCUT2D eigenvalue weighted by Crippen LogP contribution is 2.42. The standard InChI is InChI=1S/C9H4BF2NO2/c10-7(14)4-2-1-3-5-6(4)9(11,12)8(15)13-5/h1-3H,(H,13,15). The normalized spacial score (nSPS) is 17.1. The van der Waals surface area contributed by atoms with Crippen molar-refractivity contribution in [2.24, 2.45) is 0 Å². The van der Waals surface area contributed by atoms with Crippen molar-refractivity contribution >= 4 is 25.1 Å². The molecular formula is C9H4BF2NO2. The van der Waals surface area contributed by atoms with Gasteiger partial charge in [0.05, 0.1) is 11.3 Å². The summed E-state index contributed by atoms with van der Waals surface area (Å²) in [5, 5.41) is 1.99. The molecule has 15 heavy (non-hydrogen) atoms. The molecule has 1 aromatic rings. The molecule has 1 amide bonds. The molecule has 0 aromatic heterocycles. The number of hydrogen-bond donors (Lipinski definition) is 1. The van der Waals surface area contributed by atoms with Gasteiger partial charge in [0, 0.05) is 5.56 Å². The number of hydrogen-bond acceptors (Lipinski definition) is 2. The fourth-order valence-corrected chi connectivity index (χ4v) is 1.51. The van der Waals surface area contributed by atoms with Gasteiger partial charge in [0.25, 0.3) is 5.91 Å². The monoisotopic (exact) mass is 207 g/mol. The quantitative estimate of drug-likeness (QED) is 0.699. The van der Waals surface area contributed by atoms with Crippen LogP contribution in [0.3, 0.4) is 0 Å². The number of rotatable bonds is 1. The SMILES string of the molecule is [B]C(=O)c1cccc2c1C(F)(F)C(=O)N2. The fourth-order valence-electron chi connectivity index (χ4n) is 1.51. The van der Waals surface area contributed by atoms with Crippen LogP contribution >= 0.6 is 0 Å². The minimum Gasteiger partial charge on any atom is -0.320 e. The van der Waals surface area contributed by atoms with Crippen molar-refractivity contribution in [2.45, 2.75) is 5.92 Å². The lowest BCUT2D eigenvalue weighted by molar-refractivity contribution is -0.139. The lowest BCUT2D eigenvalue weighted by Crippen LogP contribution is -2.25. The molecule has 1 aliphatic rings. The van der Waals surface area contributed by atoms with Gasteiger partial charge in [0.1, 0.15) is 5.68 Å². The van der Waals surface area contributed by atoms with Gasteiger partial charge in [-0.25, -0.2) is 0 Å². The van der Waals surface area contributed by atoms with E-state index >= 15 is 0 Å². The molecule has 1 N–H and O–H groups in total. The van der Waals surface area contributed by atoms with Crippen molar-refractivity contribution in [3.63, 3.8) is 0 Å². The molecule has 1 heterocycles. The molecule has 6 heteroatoms. The Morgan fingerprint density at radius 3 is 2.67 bits per heavy atom. The Morgan fingerprint density at radius 1 is 1.40 bits per heavy atom. The highest BCUT2D eigenvalue weighted by Gasteiger charge is 2.50. The minimum atomic E-state index is -3.69. The van der Waals surface area contributed by atoms with E-state index in [1.165, 1.54) is 12.1 Å². The summed E-state index contributed by atoms with van der Waals surface area (Å²) in [5.41, 5.74) is -2.03. The number of halogens is 2. The number of carbonyl (C=O) groups excluding carboxylic acids is 2. The fraction of sp³-hybridized carbons (Fsp3) is 0.111. The van der Waals surface area contributed by atoms with Crippen LogP contribution in [0.15, 0.2) is 18.2 Å². The smallest absolute Gasteiger partial charge is 0.320 e. The first-order valence-corrected chi connectivity index (χ1v) is 4.07. The van der Waals surface area contributed by atoms with Crippen LogP contribution in [-0.2, 0) is 10.7 Å². The summed E-state index contributed by atoms with van der Waals surface area (Å²) >= 11 is 0. The zero-order valence-electron chi connectivity index (χ0n) is 7.38. The molecule has 74 valence electrons. The van der Waals surface area contributed by atoms with Gasteiger partial charge in [0.2, 0.25) is 0 Å². The predicted octanol–water partition coefficient (Wildman–Crippen LogP) is 1.04. The van der Waals surface area contributed by atoms with Crippen LogP contribution in [0.1, 0.15) is 15.9 Å². The van der Waals surface area contributed by atoms with Crippen LogP contribution in [-0.4, -0.2) is 19.4 Å². The van der Waals surface area contributed by atoms with Gasteiger partial charge in [-0.05, 0) is 6.07 Å². The molecule has 0 unspecified atom stereocenters. The topological polar surface area (TPSA) is 46.2 Å². The Morgan fingerprint density at radius 2 is 2.07 bits per heavy atom. The third-order valence-electron chi connectivity index (χ3n) is 2.18. The van der Waals surface area contributed by atoms with E-state index in [1.54, 1.807) is 0 Å². The van der Waals surface area contributed by atoms with Crippen molar-refractivity contribution in [2.75, 3.05) is 5.32 Å². The third-order valence-corrected chi connectivity index (χ3v) is 2.18. The van der Waals surface area contributed by atoms with E-state index in [9.17, 15) is 18.4 Å². The highest BCUT2D eigenvalue weighted by molar-refractivity contribution is 6.62. The molecule has 0 aliphatic carbocycles. The zero-order valence-corrected chi connectivity index (χ0v) is 7.38. The number of amides is 1. The maximum Gasteiger partial charge on any atom is 0.352 e. The summed E-state index contributed by atoms with van der Waals surface area (Å²) in [6, 6.07) is 3.83. The van der Waals surface area contributed by atoms with E-state index in [4.69, 9.17) is 7.85 Å². The van der Waals surface area contributed by atoms with Crippen LogP contribution < -0.4 is 5.32 Å². The van der Waals surface area contributed by atoms with Gasteiger partial charge >= 0.3 is 5.92 Å². The van der Waals surface area contributed by atoms with E-state index < -0.39 is 23.1 Å². The number of anilines is 1. The molecule has 0 atom stereocenters. The second kappa shape index (κ2) is 2.89. The van der Waals surface area contributed by atoms with Gasteiger partial charge in [-0.15, -0.1) is 0 Å². The maximum atomic E-state index is 13.3.